The molecule has 0 bridgehead atoms. The van der Waals surface area contributed by atoms with Crippen LogP contribution in [0.1, 0.15) is 34.5 Å². The van der Waals surface area contributed by atoms with Crippen molar-refractivity contribution in [3.63, 3.8) is 0 Å². The molecule has 3 unspecified atom stereocenters. The maximum absolute atomic E-state index is 11.9. The van der Waals surface area contributed by atoms with E-state index >= 15 is 0 Å². The first-order valence-electron chi connectivity index (χ1n) is 8.73. The molecule has 1 amide bonds. The number of aliphatic hydroxyl groups excluding tert-OH is 2. The molecule has 142 valence electrons. The molecule has 0 saturated carbocycles. The SMILES string of the molecule is CC1Cc2cc(C(O)CN3CCN(C(=O)O)CC3CO)ccc2C(=O)O1. The van der Waals surface area contributed by atoms with E-state index in [0.29, 0.717) is 30.6 Å². The number of nitrogens with zero attached hydrogens (tertiary/aromatic N) is 2. The Labute approximate surface area is 151 Å². The topological polar surface area (TPSA) is 111 Å². The number of cyclic esters (lactones) is 1. The molecule has 0 radical (unpaired) electrons. The molecule has 8 heteroatoms. The zero-order valence-electron chi connectivity index (χ0n) is 14.7. The lowest BCUT2D eigenvalue weighted by molar-refractivity contribution is 0.0128. The van der Waals surface area contributed by atoms with E-state index in [0.717, 1.165) is 5.56 Å². The van der Waals surface area contributed by atoms with Crippen LogP contribution in [-0.4, -0.2) is 82.1 Å². The zero-order chi connectivity index (χ0) is 18.8. The van der Waals surface area contributed by atoms with Gasteiger partial charge in [-0.3, -0.25) is 4.90 Å². The van der Waals surface area contributed by atoms with Gasteiger partial charge in [-0.05, 0) is 24.1 Å². The van der Waals surface area contributed by atoms with Crippen LogP contribution in [0.15, 0.2) is 18.2 Å². The largest absolute Gasteiger partial charge is 0.465 e. The summed E-state index contributed by atoms with van der Waals surface area (Å²) in [6.07, 6.45) is -1.37. The number of fused-ring (bicyclic) bond motifs is 1. The van der Waals surface area contributed by atoms with E-state index in [4.69, 9.17) is 9.84 Å². The zero-order valence-corrected chi connectivity index (χ0v) is 14.7. The first-order valence-corrected chi connectivity index (χ1v) is 8.73. The Kier molecular flexibility index (Phi) is 5.45. The van der Waals surface area contributed by atoms with Crippen molar-refractivity contribution in [1.29, 1.82) is 0 Å². The van der Waals surface area contributed by atoms with E-state index in [-0.39, 0.29) is 37.8 Å². The number of carboxylic acid groups (broad SMARTS) is 1. The number of hydrogen-bond acceptors (Lipinski definition) is 6. The lowest BCUT2D eigenvalue weighted by Gasteiger charge is -2.40. The number of rotatable bonds is 4. The molecule has 3 N–H and O–H groups in total. The highest BCUT2D eigenvalue weighted by Gasteiger charge is 2.31. The molecule has 1 saturated heterocycles. The molecule has 3 rings (SSSR count). The fraction of sp³-hybridized carbons (Fsp3) is 0.556. The molecule has 0 aliphatic carbocycles. The highest BCUT2D eigenvalue weighted by Crippen LogP contribution is 2.25. The van der Waals surface area contributed by atoms with Crippen LogP contribution < -0.4 is 0 Å². The Bertz CT molecular complexity index is 694. The van der Waals surface area contributed by atoms with Gasteiger partial charge in [0.25, 0.3) is 0 Å². The lowest BCUT2D eigenvalue weighted by atomic mass is 9.95. The summed E-state index contributed by atoms with van der Waals surface area (Å²) < 4.78 is 5.20. The van der Waals surface area contributed by atoms with Crippen molar-refractivity contribution in [3.05, 3.63) is 34.9 Å². The Morgan fingerprint density at radius 3 is 2.85 bits per heavy atom. The number of aliphatic hydroxyl groups is 2. The normalized spacial score (nSPS) is 24.7. The van der Waals surface area contributed by atoms with Crippen molar-refractivity contribution in [2.24, 2.45) is 0 Å². The predicted octanol–water partition coefficient (Wildman–Crippen LogP) is 0.478. The minimum Gasteiger partial charge on any atom is -0.465 e. The van der Waals surface area contributed by atoms with Crippen molar-refractivity contribution in [3.8, 4) is 0 Å². The minimum atomic E-state index is -1.00. The Morgan fingerprint density at radius 1 is 1.38 bits per heavy atom. The number of hydrogen-bond donors (Lipinski definition) is 3. The number of carbonyl (C=O) groups excluding carboxylic acids is 1. The molecule has 26 heavy (non-hydrogen) atoms. The summed E-state index contributed by atoms with van der Waals surface area (Å²) in [5, 5.41) is 29.3. The van der Waals surface area contributed by atoms with Crippen LogP contribution in [0.4, 0.5) is 4.79 Å². The molecule has 0 aromatic heterocycles. The third-order valence-electron chi connectivity index (χ3n) is 5.04. The fourth-order valence-electron chi connectivity index (χ4n) is 3.59. The maximum atomic E-state index is 11.9. The highest BCUT2D eigenvalue weighted by molar-refractivity contribution is 5.92. The highest BCUT2D eigenvalue weighted by atomic mass is 16.5. The van der Waals surface area contributed by atoms with Crippen LogP contribution in [0.2, 0.25) is 0 Å². The molecule has 1 fully saturated rings. The number of piperazine rings is 1. The molecule has 1 aromatic rings. The van der Waals surface area contributed by atoms with E-state index in [2.05, 4.69) is 0 Å². The van der Waals surface area contributed by atoms with Crippen molar-refractivity contribution in [2.45, 2.75) is 31.6 Å². The third-order valence-corrected chi connectivity index (χ3v) is 5.04. The molecular formula is C18H24N2O6. The second-order valence-corrected chi connectivity index (χ2v) is 6.91. The monoisotopic (exact) mass is 364 g/mol. The summed E-state index contributed by atoms with van der Waals surface area (Å²) in [6.45, 7) is 2.94. The van der Waals surface area contributed by atoms with E-state index < -0.39 is 12.2 Å². The van der Waals surface area contributed by atoms with E-state index in [1.807, 2.05) is 17.9 Å². The van der Waals surface area contributed by atoms with Crippen molar-refractivity contribution < 1.29 is 29.6 Å². The van der Waals surface area contributed by atoms with Gasteiger partial charge >= 0.3 is 12.1 Å². The number of ether oxygens (including phenoxy) is 1. The number of β-amino-alcohol motifs (C(OH)–C–C–N with tert-alkyl or cyclic N) is 1. The molecule has 8 nitrogen and oxygen atoms in total. The van der Waals surface area contributed by atoms with Crippen LogP contribution in [0.5, 0.6) is 0 Å². The minimum absolute atomic E-state index is 0.177. The van der Waals surface area contributed by atoms with Gasteiger partial charge in [0.05, 0.1) is 24.3 Å². The number of carbonyl (C=O) groups is 2. The van der Waals surface area contributed by atoms with Crippen LogP contribution in [0.25, 0.3) is 0 Å². The average molecular weight is 364 g/mol. The van der Waals surface area contributed by atoms with Crippen LogP contribution >= 0.6 is 0 Å². The second kappa shape index (κ2) is 7.61. The fourth-order valence-corrected chi connectivity index (χ4v) is 3.59. The van der Waals surface area contributed by atoms with Gasteiger partial charge in [-0.25, -0.2) is 9.59 Å². The van der Waals surface area contributed by atoms with Gasteiger partial charge in [-0.1, -0.05) is 12.1 Å². The molecular weight excluding hydrogens is 340 g/mol. The molecule has 2 heterocycles. The standard InChI is InChI=1S/C18H24N2O6/c1-11-6-13-7-12(2-3-15(13)17(23)26-11)16(22)9-19-4-5-20(18(24)25)8-14(19)10-21/h2-3,7,11,14,16,21-22H,4-6,8-10H2,1H3,(H,24,25). The number of benzene rings is 1. The van der Waals surface area contributed by atoms with E-state index in [9.17, 15) is 19.8 Å². The quantitative estimate of drug-likeness (QED) is 0.667. The summed E-state index contributed by atoms with van der Waals surface area (Å²) in [6, 6.07) is 4.87. The number of esters is 1. The van der Waals surface area contributed by atoms with Gasteiger partial charge in [-0.2, -0.15) is 0 Å². The molecule has 1 aromatic carbocycles. The summed E-state index contributed by atoms with van der Waals surface area (Å²) in [4.78, 5) is 26.2. The van der Waals surface area contributed by atoms with Crippen molar-refractivity contribution in [2.75, 3.05) is 32.8 Å². The lowest BCUT2D eigenvalue weighted by Crippen LogP contribution is -2.56. The van der Waals surface area contributed by atoms with Gasteiger partial charge in [0.2, 0.25) is 0 Å². The second-order valence-electron chi connectivity index (χ2n) is 6.91. The van der Waals surface area contributed by atoms with Gasteiger partial charge in [0, 0.05) is 32.6 Å². The van der Waals surface area contributed by atoms with Gasteiger partial charge in [0.1, 0.15) is 6.10 Å². The summed E-state index contributed by atoms with van der Waals surface area (Å²) >= 11 is 0. The summed E-state index contributed by atoms with van der Waals surface area (Å²) in [7, 11) is 0. The van der Waals surface area contributed by atoms with Gasteiger partial charge < -0.3 is 25.0 Å². The molecule has 3 atom stereocenters. The first-order chi connectivity index (χ1) is 12.4. The average Bonchev–Trinajstić information content (AvgIpc) is 2.61. The summed E-state index contributed by atoms with van der Waals surface area (Å²) in [5.41, 5.74) is 2.09. The van der Waals surface area contributed by atoms with Crippen molar-refractivity contribution in [1.82, 2.24) is 9.80 Å². The van der Waals surface area contributed by atoms with E-state index in [1.165, 1.54) is 4.90 Å². The summed E-state index contributed by atoms with van der Waals surface area (Å²) in [5.74, 6) is -0.343. The molecule has 2 aliphatic rings. The predicted molar refractivity (Wildman–Crippen MR) is 92.0 cm³/mol. The van der Waals surface area contributed by atoms with Crippen molar-refractivity contribution >= 4 is 12.1 Å². The molecule has 0 spiro atoms. The Hall–Kier alpha value is -2.16. The third kappa shape index (κ3) is 3.82. The van der Waals surface area contributed by atoms with Crippen LogP contribution in [0.3, 0.4) is 0 Å². The van der Waals surface area contributed by atoms with Gasteiger partial charge in [-0.15, -0.1) is 0 Å². The van der Waals surface area contributed by atoms with Gasteiger partial charge in [0.15, 0.2) is 0 Å². The molecule has 2 aliphatic heterocycles. The smallest absolute Gasteiger partial charge is 0.407 e. The maximum Gasteiger partial charge on any atom is 0.407 e. The van der Waals surface area contributed by atoms with Crippen LogP contribution in [-0.2, 0) is 11.2 Å². The van der Waals surface area contributed by atoms with Crippen LogP contribution in [0, 0.1) is 0 Å². The Morgan fingerprint density at radius 2 is 2.15 bits per heavy atom. The number of amides is 1. The van der Waals surface area contributed by atoms with E-state index in [1.54, 1.807) is 12.1 Å². The Balaban J connectivity index is 1.70. The first kappa shape index (κ1) is 18.6.